The number of carbonyl (C=O) groups is 1. The Morgan fingerprint density at radius 2 is 2.12 bits per heavy atom. The number of nitrogens with zero attached hydrogens (tertiary/aromatic N) is 5. The first-order chi connectivity index (χ1) is 12.3. The molecule has 0 bridgehead atoms. The summed E-state index contributed by atoms with van der Waals surface area (Å²) in [4.78, 5) is 28.7. The Morgan fingerprint density at radius 3 is 2.85 bits per heavy atom. The molecule has 140 valence electrons. The standard InChI is InChI=1S/C18H26N6O2/c1-12-14(17(26)24-9-6-5-7-16(24)19-12)8-10-23-11-15(21-22-23)18(3,4)20-13(2)25/h11H,5-10H2,1-4H3,(H,20,25). The fraction of sp³-hybridized carbons (Fsp3) is 0.611. The summed E-state index contributed by atoms with van der Waals surface area (Å²) in [6, 6.07) is 0. The second kappa shape index (κ2) is 7.01. The first-order valence-corrected chi connectivity index (χ1v) is 9.06. The lowest BCUT2D eigenvalue weighted by Gasteiger charge is -2.22. The zero-order chi connectivity index (χ0) is 18.9. The highest BCUT2D eigenvalue weighted by molar-refractivity contribution is 5.73. The minimum Gasteiger partial charge on any atom is -0.346 e. The van der Waals surface area contributed by atoms with Crippen molar-refractivity contribution in [2.24, 2.45) is 0 Å². The second-order valence-corrected chi connectivity index (χ2v) is 7.43. The molecule has 1 N–H and O–H groups in total. The lowest BCUT2D eigenvalue weighted by atomic mass is 10.0. The summed E-state index contributed by atoms with van der Waals surface area (Å²) in [5.74, 6) is 0.788. The molecule has 0 saturated heterocycles. The fourth-order valence-electron chi connectivity index (χ4n) is 3.44. The summed E-state index contributed by atoms with van der Waals surface area (Å²) in [7, 11) is 0. The van der Waals surface area contributed by atoms with Crippen molar-refractivity contribution in [1.29, 1.82) is 0 Å². The zero-order valence-corrected chi connectivity index (χ0v) is 15.9. The van der Waals surface area contributed by atoms with Crippen molar-refractivity contribution in [2.75, 3.05) is 0 Å². The zero-order valence-electron chi connectivity index (χ0n) is 15.9. The highest BCUT2D eigenvalue weighted by Crippen LogP contribution is 2.17. The van der Waals surface area contributed by atoms with E-state index < -0.39 is 5.54 Å². The maximum Gasteiger partial charge on any atom is 0.257 e. The molecule has 0 atom stereocenters. The van der Waals surface area contributed by atoms with Gasteiger partial charge in [0, 0.05) is 37.7 Å². The van der Waals surface area contributed by atoms with Crippen LogP contribution in [0, 0.1) is 6.92 Å². The summed E-state index contributed by atoms with van der Waals surface area (Å²) in [5, 5.41) is 11.2. The predicted octanol–water partition coefficient (Wildman–Crippen LogP) is 1.09. The number of hydrogen-bond acceptors (Lipinski definition) is 5. The number of aromatic nitrogens is 5. The predicted molar refractivity (Wildman–Crippen MR) is 96.7 cm³/mol. The van der Waals surface area contributed by atoms with E-state index >= 15 is 0 Å². The number of amides is 1. The van der Waals surface area contributed by atoms with Crippen LogP contribution in [0.25, 0.3) is 0 Å². The quantitative estimate of drug-likeness (QED) is 0.863. The minimum atomic E-state index is -0.590. The monoisotopic (exact) mass is 358 g/mol. The van der Waals surface area contributed by atoms with Crippen LogP contribution < -0.4 is 10.9 Å². The van der Waals surface area contributed by atoms with E-state index in [4.69, 9.17) is 0 Å². The van der Waals surface area contributed by atoms with Crippen molar-refractivity contribution >= 4 is 5.91 Å². The third-order valence-corrected chi connectivity index (χ3v) is 4.84. The third kappa shape index (κ3) is 3.68. The Hall–Kier alpha value is -2.51. The molecule has 1 aliphatic rings. The Balaban J connectivity index is 1.76. The number of rotatable bonds is 5. The Bertz CT molecular complexity index is 880. The normalized spacial score (nSPS) is 14.2. The molecule has 2 aromatic heterocycles. The van der Waals surface area contributed by atoms with Gasteiger partial charge in [0.1, 0.15) is 11.5 Å². The van der Waals surface area contributed by atoms with Crippen LogP contribution in [0.5, 0.6) is 0 Å². The minimum absolute atomic E-state index is 0.0751. The maximum atomic E-state index is 12.8. The van der Waals surface area contributed by atoms with Crippen molar-refractivity contribution in [3.8, 4) is 0 Å². The summed E-state index contributed by atoms with van der Waals surface area (Å²) >= 11 is 0. The van der Waals surface area contributed by atoms with E-state index in [0.29, 0.717) is 18.7 Å². The van der Waals surface area contributed by atoms with E-state index in [-0.39, 0.29) is 11.5 Å². The Morgan fingerprint density at radius 1 is 1.35 bits per heavy atom. The van der Waals surface area contributed by atoms with Crippen LogP contribution in [-0.4, -0.2) is 30.5 Å². The molecule has 8 heteroatoms. The summed E-state index contributed by atoms with van der Waals surface area (Å²) in [5.41, 5.74) is 1.72. The van der Waals surface area contributed by atoms with Crippen LogP contribution in [0.3, 0.4) is 0 Å². The van der Waals surface area contributed by atoms with Gasteiger partial charge < -0.3 is 5.32 Å². The molecule has 0 radical (unpaired) electrons. The van der Waals surface area contributed by atoms with Gasteiger partial charge in [0.05, 0.1) is 11.7 Å². The van der Waals surface area contributed by atoms with E-state index in [1.165, 1.54) is 6.92 Å². The second-order valence-electron chi connectivity index (χ2n) is 7.43. The SMILES string of the molecule is CC(=O)NC(C)(C)c1cn(CCc2c(C)nc3n(c2=O)CCCC3)nn1. The topological polar surface area (TPSA) is 94.7 Å². The van der Waals surface area contributed by atoms with E-state index in [2.05, 4.69) is 20.6 Å². The molecule has 0 aliphatic carbocycles. The van der Waals surface area contributed by atoms with Gasteiger partial charge in [-0.05, 0) is 40.0 Å². The first kappa shape index (κ1) is 18.3. The van der Waals surface area contributed by atoms with Crippen LogP contribution in [0.4, 0.5) is 0 Å². The van der Waals surface area contributed by atoms with Gasteiger partial charge in [0.2, 0.25) is 5.91 Å². The van der Waals surface area contributed by atoms with E-state index in [9.17, 15) is 9.59 Å². The molecular formula is C18H26N6O2. The van der Waals surface area contributed by atoms with Crippen molar-refractivity contribution in [3.63, 3.8) is 0 Å². The fourth-order valence-corrected chi connectivity index (χ4v) is 3.44. The molecule has 1 amide bonds. The van der Waals surface area contributed by atoms with Crippen molar-refractivity contribution in [3.05, 3.63) is 39.3 Å². The van der Waals surface area contributed by atoms with Gasteiger partial charge in [-0.15, -0.1) is 5.10 Å². The molecule has 0 fully saturated rings. The molecule has 26 heavy (non-hydrogen) atoms. The average molecular weight is 358 g/mol. The van der Waals surface area contributed by atoms with Gasteiger partial charge in [-0.25, -0.2) is 4.98 Å². The van der Waals surface area contributed by atoms with Crippen molar-refractivity contribution in [1.82, 2.24) is 29.9 Å². The van der Waals surface area contributed by atoms with E-state index in [0.717, 1.165) is 42.9 Å². The highest BCUT2D eigenvalue weighted by atomic mass is 16.1. The summed E-state index contributed by atoms with van der Waals surface area (Å²) < 4.78 is 3.53. The van der Waals surface area contributed by atoms with Crippen molar-refractivity contribution in [2.45, 2.75) is 72.0 Å². The third-order valence-electron chi connectivity index (χ3n) is 4.84. The largest absolute Gasteiger partial charge is 0.346 e. The molecule has 8 nitrogen and oxygen atoms in total. The number of nitrogens with one attached hydrogen (secondary N) is 1. The van der Waals surface area contributed by atoms with Gasteiger partial charge >= 0.3 is 0 Å². The van der Waals surface area contributed by atoms with Crippen molar-refractivity contribution < 1.29 is 4.79 Å². The summed E-state index contributed by atoms with van der Waals surface area (Å²) in [6.45, 7) is 8.44. The lowest BCUT2D eigenvalue weighted by Crippen LogP contribution is -2.40. The van der Waals surface area contributed by atoms with E-state index in [1.54, 1.807) is 4.68 Å². The number of aryl methyl sites for hydroxylation is 3. The molecule has 2 aromatic rings. The molecule has 1 aliphatic heterocycles. The van der Waals surface area contributed by atoms with Gasteiger partial charge in [-0.1, -0.05) is 5.21 Å². The van der Waals surface area contributed by atoms with Gasteiger partial charge in [-0.3, -0.25) is 18.8 Å². The number of fused-ring (bicyclic) bond motifs is 1. The molecule has 0 spiro atoms. The van der Waals surface area contributed by atoms with Crippen LogP contribution in [-0.2, 0) is 36.3 Å². The van der Waals surface area contributed by atoms with E-state index in [1.807, 2.05) is 31.5 Å². The Labute approximate surface area is 152 Å². The lowest BCUT2D eigenvalue weighted by molar-refractivity contribution is -0.120. The van der Waals surface area contributed by atoms with Crippen LogP contribution >= 0.6 is 0 Å². The first-order valence-electron chi connectivity index (χ1n) is 9.06. The average Bonchev–Trinajstić information content (AvgIpc) is 3.03. The van der Waals surface area contributed by atoms with Crippen LogP contribution in [0.15, 0.2) is 11.0 Å². The molecule has 0 unspecified atom stereocenters. The molecule has 3 heterocycles. The summed E-state index contributed by atoms with van der Waals surface area (Å²) in [6.07, 6.45) is 5.37. The molecule has 3 rings (SSSR count). The molecule has 0 saturated carbocycles. The van der Waals surface area contributed by atoms with Gasteiger partial charge in [0.15, 0.2) is 0 Å². The maximum absolute atomic E-state index is 12.8. The molecular weight excluding hydrogens is 332 g/mol. The van der Waals surface area contributed by atoms with Crippen LogP contribution in [0.1, 0.15) is 56.4 Å². The Kier molecular flexibility index (Phi) is 4.93. The van der Waals surface area contributed by atoms with Gasteiger partial charge in [0.25, 0.3) is 5.56 Å². The number of hydrogen-bond donors (Lipinski definition) is 1. The number of carbonyl (C=O) groups excluding carboxylic acids is 1. The molecule has 0 aromatic carbocycles. The highest BCUT2D eigenvalue weighted by Gasteiger charge is 2.25. The van der Waals surface area contributed by atoms with Gasteiger partial charge in [-0.2, -0.15) is 0 Å². The van der Waals surface area contributed by atoms with Crippen LogP contribution in [0.2, 0.25) is 0 Å². The smallest absolute Gasteiger partial charge is 0.257 e.